The van der Waals surface area contributed by atoms with Crippen LogP contribution in [-0.4, -0.2) is 24.7 Å². The molecule has 1 heterocycles. The highest BCUT2D eigenvalue weighted by molar-refractivity contribution is 14.0. The lowest BCUT2D eigenvalue weighted by atomic mass is 9.86. The van der Waals surface area contributed by atoms with Crippen LogP contribution in [0.5, 0.6) is 0 Å². The highest BCUT2D eigenvalue weighted by Gasteiger charge is 2.12. The number of aryl methyl sites for hydroxylation is 1. The van der Waals surface area contributed by atoms with Gasteiger partial charge in [-0.25, -0.2) is 0 Å². The molecule has 1 aromatic carbocycles. The summed E-state index contributed by atoms with van der Waals surface area (Å²) in [5.41, 5.74) is 3.85. The highest BCUT2D eigenvalue weighted by atomic mass is 127. The van der Waals surface area contributed by atoms with Crippen molar-refractivity contribution < 1.29 is 4.52 Å². The third-order valence-corrected chi connectivity index (χ3v) is 4.15. The number of rotatable bonds is 6. The van der Waals surface area contributed by atoms with Crippen LogP contribution in [0, 0.1) is 0 Å². The number of nitrogens with zero attached hydrogens (tertiary/aromatic N) is 2. The monoisotopic (exact) mass is 470 g/mol. The fraction of sp³-hybridized carbons (Fsp3) is 0.500. The maximum absolute atomic E-state index is 5.27. The van der Waals surface area contributed by atoms with Gasteiger partial charge in [0.1, 0.15) is 0 Å². The Morgan fingerprint density at radius 3 is 2.38 bits per heavy atom. The molecule has 2 N–H and O–H groups in total. The number of aliphatic imine (C=N–C) groups is 1. The molecule has 1 aromatic heterocycles. The maximum atomic E-state index is 5.27. The lowest BCUT2D eigenvalue weighted by Gasteiger charge is -2.19. The van der Waals surface area contributed by atoms with Gasteiger partial charge in [-0.3, -0.25) is 4.99 Å². The summed E-state index contributed by atoms with van der Waals surface area (Å²) in [6.45, 7) is 10.2. The van der Waals surface area contributed by atoms with Crippen LogP contribution in [0.25, 0.3) is 0 Å². The zero-order valence-corrected chi connectivity index (χ0v) is 18.8. The van der Waals surface area contributed by atoms with Crippen LogP contribution >= 0.6 is 24.0 Å². The Morgan fingerprint density at radius 1 is 1.15 bits per heavy atom. The van der Waals surface area contributed by atoms with E-state index in [-0.39, 0.29) is 29.4 Å². The molecule has 0 aliphatic carbocycles. The lowest BCUT2D eigenvalue weighted by Crippen LogP contribution is -2.37. The molecule has 0 fully saturated rings. The van der Waals surface area contributed by atoms with E-state index >= 15 is 0 Å². The van der Waals surface area contributed by atoms with Gasteiger partial charge in [0.15, 0.2) is 11.7 Å². The van der Waals surface area contributed by atoms with E-state index in [0.717, 1.165) is 36.8 Å². The normalized spacial score (nSPS) is 11.8. The van der Waals surface area contributed by atoms with Gasteiger partial charge >= 0.3 is 0 Å². The van der Waals surface area contributed by atoms with Crippen molar-refractivity contribution >= 4 is 29.9 Å². The number of aromatic nitrogens is 1. The topological polar surface area (TPSA) is 62.5 Å². The first-order valence-electron chi connectivity index (χ1n) is 8.90. The largest absolute Gasteiger partial charge is 0.359 e. The number of guanidine groups is 1. The summed E-state index contributed by atoms with van der Waals surface area (Å²) >= 11 is 0. The molecule has 2 aromatic rings. The average Bonchev–Trinajstić information content (AvgIpc) is 3.05. The maximum Gasteiger partial charge on any atom is 0.191 e. The second kappa shape index (κ2) is 10.5. The van der Waals surface area contributed by atoms with E-state index in [9.17, 15) is 0 Å². The van der Waals surface area contributed by atoms with E-state index in [2.05, 4.69) is 72.7 Å². The first-order chi connectivity index (χ1) is 11.9. The molecule has 0 aliphatic rings. The molecule has 5 nitrogen and oxygen atoms in total. The summed E-state index contributed by atoms with van der Waals surface area (Å²) in [6, 6.07) is 10.8. The van der Waals surface area contributed by atoms with Crippen LogP contribution in [0.2, 0.25) is 0 Å². The van der Waals surface area contributed by atoms with Crippen LogP contribution in [0.15, 0.2) is 39.8 Å². The second-order valence-corrected chi connectivity index (χ2v) is 7.19. The van der Waals surface area contributed by atoms with Crippen molar-refractivity contribution in [1.29, 1.82) is 0 Å². The Hall–Kier alpha value is -1.57. The molecule has 0 aliphatic heterocycles. The van der Waals surface area contributed by atoms with Crippen LogP contribution in [-0.2, 0) is 24.8 Å². The SMILES string of the molecule is CCc1cc(CNC(=NC)NCCc2ccc(C(C)(C)C)cc2)on1.I. The smallest absolute Gasteiger partial charge is 0.191 e. The van der Waals surface area contributed by atoms with E-state index in [1.807, 2.05) is 6.07 Å². The fourth-order valence-electron chi connectivity index (χ4n) is 2.49. The van der Waals surface area contributed by atoms with Gasteiger partial charge in [-0.2, -0.15) is 0 Å². The summed E-state index contributed by atoms with van der Waals surface area (Å²) in [6.07, 6.45) is 1.83. The molecule has 0 spiro atoms. The molecule has 0 amide bonds. The second-order valence-electron chi connectivity index (χ2n) is 7.19. The van der Waals surface area contributed by atoms with Gasteiger partial charge in [-0.15, -0.1) is 24.0 Å². The van der Waals surface area contributed by atoms with Crippen molar-refractivity contribution in [3.63, 3.8) is 0 Å². The molecular formula is C20H31IN4O. The predicted octanol–water partition coefficient (Wildman–Crippen LogP) is 4.06. The van der Waals surface area contributed by atoms with E-state index < -0.39 is 0 Å². The van der Waals surface area contributed by atoms with Gasteiger partial charge in [0.05, 0.1) is 12.2 Å². The quantitative estimate of drug-likeness (QED) is 0.380. The minimum absolute atomic E-state index is 0. The molecule has 144 valence electrons. The minimum atomic E-state index is 0. The summed E-state index contributed by atoms with van der Waals surface area (Å²) in [5, 5.41) is 10.6. The van der Waals surface area contributed by atoms with Crippen molar-refractivity contribution in [2.24, 2.45) is 4.99 Å². The molecule has 2 rings (SSSR count). The van der Waals surface area contributed by atoms with Gasteiger partial charge in [-0.05, 0) is 29.4 Å². The van der Waals surface area contributed by atoms with Gasteiger partial charge < -0.3 is 15.2 Å². The molecular weight excluding hydrogens is 439 g/mol. The molecule has 6 heteroatoms. The molecule has 26 heavy (non-hydrogen) atoms. The van der Waals surface area contributed by atoms with Gasteiger partial charge in [0.25, 0.3) is 0 Å². The minimum Gasteiger partial charge on any atom is -0.359 e. The van der Waals surface area contributed by atoms with Crippen LogP contribution in [0.4, 0.5) is 0 Å². The van der Waals surface area contributed by atoms with Gasteiger partial charge in [0, 0.05) is 19.7 Å². The van der Waals surface area contributed by atoms with E-state index in [0.29, 0.717) is 6.54 Å². The molecule has 0 saturated carbocycles. The first kappa shape index (κ1) is 22.5. The van der Waals surface area contributed by atoms with Crippen LogP contribution < -0.4 is 10.6 Å². The summed E-state index contributed by atoms with van der Waals surface area (Å²) in [7, 11) is 1.77. The number of hydrogen-bond acceptors (Lipinski definition) is 3. The van der Waals surface area contributed by atoms with Gasteiger partial charge in [-0.1, -0.05) is 57.1 Å². The van der Waals surface area contributed by atoms with Gasteiger partial charge in [0.2, 0.25) is 0 Å². The summed E-state index contributed by atoms with van der Waals surface area (Å²) in [4.78, 5) is 4.24. The van der Waals surface area contributed by atoms with Crippen molar-refractivity contribution in [2.75, 3.05) is 13.6 Å². The van der Waals surface area contributed by atoms with Crippen molar-refractivity contribution in [2.45, 2.75) is 52.5 Å². The fourth-order valence-corrected chi connectivity index (χ4v) is 2.49. The zero-order valence-electron chi connectivity index (χ0n) is 16.4. The number of benzene rings is 1. The van der Waals surface area contributed by atoms with E-state index in [1.165, 1.54) is 11.1 Å². The van der Waals surface area contributed by atoms with Crippen LogP contribution in [0.1, 0.15) is 50.3 Å². The van der Waals surface area contributed by atoms with Crippen molar-refractivity contribution in [3.05, 3.63) is 52.9 Å². The predicted molar refractivity (Wildman–Crippen MR) is 118 cm³/mol. The highest BCUT2D eigenvalue weighted by Crippen LogP contribution is 2.22. The van der Waals surface area contributed by atoms with E-state index in [4.69, 9.17) is 4.52 Å². The number of hydrogen-bond donors (Lipinski definition) is 2. The zero-order chi connectivity index (χ0) is 18.3. The summed E-state index contributed by atoms with van der Waals surface area (Å²) in [5.74, 6) is 1.58. The van der Waals surface area contributed by atoms with E-state index in [1.54, 1.807) is 7.05 Å². The Balaban J connectivity index is 0.00000338. The number of nitrogens with one attached hydrogen (secondary N) is 2. The molecule has 0 atom stereocenters. The Bertz CT molecular complexity index is 687. The lowest BCUT2D eigenvalue weighted by molar-refractivity contribution is 0.374. The third-order valence-electron chi connectivity index (χ3n) is 4.15. The van der Waals surface area contributed by atoms with Crippen molar-refractivity contribution in [1.82, 2.24) is 15.8 Å². The number of halogens is 1. The molecule has 0 unspecified atom stereocenters. The van der Waals surface area contributed by atoms with Crippen LogP contribution in [0.3, 0.4) is 0 Å². The first-order valence-corrected chi connectivity index (χ1v) is 8.90. The Kier molecular flexibility index (Phi) is 9.12. The third kappa shape index (κ3) is 6.97. The Morgan fingerprint density at radius 2 is 1.85 bits per heavy atom. The average molecular weight is 470 g/mol. The Labute approximate surface area is 174 Å². The molecule has 0 bridgehead atoms. The molecule has 0 saturated heterocycles. The van der Waals surface area contributed by atoms with Crippen molar-refractivity contribution in [3.8, 4) is 0 Å². The summed E-state index contributed by atoms with van der Waals surface area (Å²) < 4.78 is 5.27. The standard InChI is InChI=1S/C20H30N4O.HI/c1-6-17-13-18(25-24-17)14-23-19(21-5)22-12-11-15-7-9-16(10-8-15)20(2,3)4;/h7-10,13H,6,11-12,14H2,1-5H3,(H2,21,22,23);1H. The molecule has 0 radical (unpaired) electrons.